The first-order valence-corrected chi connectivity index (χ1v) is 10.1. The lowest BCUT2D eigenvalue weighted by molar-refractivity contribution is 0.0431. The molecular weight excluding hydrogens is 412 g/mol. The number of thiol groups is 1. The van der Waals surface area contributed by atoms with E-state index in [0.29, 0.717) is 10.6 Å². The van der Waals surface area contributed by atoms with E-state index in [9.17, 15) is 9.59 Å². The van der Waals surface area contributed by atoms with Crippen LogP contribution in [0.25, 0.3) is 0 Å². The molecule has 0 fully saturated rings. The van der Waals surface area contributed by atoms with Crippen LogP contribution < -0.4 is 4.90 Å². The third kappa shape index (κ3) is 11.8. The quantitative estimate of drug-likeness (QED) is 0.396. The molecule has 0 bridgehead atoms. The van der Waals surface area contributed by atoms with Crippen LogP contribution in [0, 0.1) is 5.92 Å². The van der Waals surface area contributed by atoms with Crippen molar-refractivity contribution in [1.82, 2.24) is 0 Å². The van der Waals surface area contributed by atoms with Crippen molar-refractivity contribution in [3.05, 3.63) is 28.8 Å². The molecule has 29 heavy (non-hydrogen) atoms. The molecule has 0 aliphatic carbocycles. The molecule has 0 saturated heterocycles. The van der Waals surface area contributed by atoms with Crippen LogP contribution in [0.1, 0.15) is 67.9 Å². The van der Waals surface area contributed by atoms with Crippen molar-refractivity contribution in [3.8, 4) is 0 Å². The largest absolute Gasteiger partial charge is 0.443 e. The number of nitrogens with zero attached hydrogens (tertiary/aromatic N) is 2. The number of hydrogen-bond acceptors (Lipinski definition) is 6. The van der Waals surface area contributed by atoms with Crippen molar-refractivity contribution in [1.29, 1.82) is 0 Å². The normalized spacial score (nSPS) is 11.7. The third-order valence-corrected chi connectivity index (χ3v) is 3.05. The van der Waals surface area contributed by atoms with Crippen LogP contribution in [0.15, 0.2) is 22.6 Å². The van der Waals surface area contributed by atoms with Crippen molar-refractivity contribution in [2.24, 2.45) is 10.3 Å². The summed E-state index contributed by atoms with van der Waals surface area (Å²) in [6, 6.07) is 4.59. The van der Waals surface area contributed by atoms with Gasteiger partial charge in [-0.15, -0.1) is 0 Å². The van der Waals surface area contributed by atoms with E-state index in [4.69, 9.17) is 21.1 Å². The maximum atomic E-state index is 12.6. The highest BCUT2D eigenvalue weighted by Crippen LogP contribution is 2.26. The van der Waals surface area contributed by atoms with Gasteiger partial charge in [-0.25, -0.2) is 14.0 Å². The predicted octanol–water partition coefficient (Wildman–Crippen LogP) is 6.94. The van der Waals surface area contributed by atoms with Crippen molar-refractivity contribution in [2.45, 2.75) is 73.5 Å². The smallest absolute Gasteiger partial charge is 0.424 e. The van der Waals surface area contributed by atoms with E-state index in [1.165, 1.54) is 18.3 Å². The van der Waals surface area contributed by atoms with Gasteiger partial charge in [-0.2, -0.15) is 4.90 Å². The van der Waals surface area contributed by atoms with Crippen LogP contribution in [0.2, 0.25) is 5.02 Å². The van der Waals surface area contributed by atoms with Crippen LogP contribution in [-0.2, 0) is 9.47 Å². The number of carbonyl (C=O) groups excluding carboxylic acids is 2. The summed E-state index contributed by atoms with van der Waals surface area (Å²) in [6.45, 7) is 16.7. The minimum Gasteiger partial charge on any atom is -0.443 e. The fourth-order valence-electron chi connectivity index (χ4n) is 1.73. The SMILES string of the molecule is CC(C)(C)OC(=O)N(C(=O)OC(C)(C)C)c1ccc(Cl)c(/C=N/S)c1.CC(C)C. The number of carbonyl (C=O) groups is 2. The molecule has 1 aromatic carbocycles. The van der Waals surface area contributed by atoms with E-state index in [0.717, 1.165) is 10.8 Å². The van der Waals surface area contributed by atoms with Gasteiger partial charge in [-0.05, 0) is 78.5 Å². The van der Waals surface area contributed by atoms with E-state index in [2.05, 4.69) is 38.0 Å². The van der Waals surface area contributed by atoms with Crippen molar-refractivity contribution in [3.63, 3.8) is 0 Å². The Hall–Kier alpha value is -1.73. The molecule has 1 aromatic rings. The monoisotopic (exact) mass is 444 g/mol. The average molecular weight is 445 g/mol. The zero-order valence-electron chi connectivity index (χ0n) is 18.7. The van der Waals surface area contributed by atoms with Crippen LogP contribution in [0.5, 0.6) is 0 Å². The van der Waals surface area contributed by atoms with E-state index >= 15 is 0 Å². The maximum Gasteiger partial charge on any atom is 0.424 e. The number of benzene rings is 1. The molecule has 0 aromatic heterocycles. The lowest BCUT2D eigenvalue weighted by Crippen LogP contribution is -2.43. The molecule has 8 heteroatoms. The average Bonchev–Trinajstić information content (AvgIpc) is 2.46. The second-order valence-corrected chi connectivity index (χ2v) is 9.62. The molecule has 6 nitrogen and oxygen atoms in total. The summed E-state index contributed by atoms with van der Waals surface area (Å²) >= 11 is 9.85. The first kappa shape index (κ1) is 27.3. The van der Waals surface area contributed by atoms with Gasteiger partial charge in [0.05, 0.1) is 5.69 Å². The molecule has 0 saturated carbocycles. The lowest BCUT2D eigenvalue weighted by Gasteiger charge is -2.28. The minimum absolute atomic E-state index is 0.246. The minimum atomic E-state index is -0.849. The van der Waals surface area contributed by atoms with Gasteiger partial charge < -0.3 is 9.47 Å². The van der Waals surface area contributed by atoms with Crippen LogP contribution in [0.3, 0.4) is 0 Å². The fraction of sp³-hybridized carbons (Fsp3) is 0.571. The van der Waals surface area contributed by atoms with Gasteiger partial charge in [0, 0.05) is 16.8 Å². The predicted molar refractivity (Wildman–Crippen MR) is 123 cm³/mol. The summed E-state index contributed by atoms with van der Waals surface area (Å²) in [5.41, 5.74) is -0.819. The van der Waals surface area contributed by atoms with Crippen molar-refractivity contribution < 1.29 is 19.1 Å². The Morgan fingerprint density at radius 3 is 1.79 bits per heavy atom. The van der Waals surface area contributed by atoms with Crippen LogP contribution in [0.4, 0.5) is 15.3 Å². The zero-order chi connectivity index (χ0) is 23.0. The molecule has 0 N–H and O–H groups in total. The Balaban J connectivity index is 0.00000178. The number of halogens is 1. The third-order valence-electron chi connectivity index (χ3n) is 2.59. The van der Waals surface area contributed by atoms with Crippen LogP contribution >= 0.6 is 24.4 Å². The number of anilines is 1. The number of ether oxygens (including phenoxy) is 2. The second-order valence-electron chi connectivity index (χ2n) is 8.98. The highest BCUT2D eigenvalue weighted by molar-refractivity contribution is 7.79. The van der Waals surface area contributed by atoms with Gasteiger partial charge in [0.1, 0.15) is 11.2 Å². The maximum absolute atomic E-state index is 12.6. The van der Waals surface area contributed by atoms with Gasteiger partial charge in [-0.3, -0.25) is 0 Å². The molecule has 0 spiro atoms. The van der Waals surface area contributed by atoms with E-state index in [1.807, 2.05) is 0 Å². The molecule has 0 aliphatic rings. The molecule has 0 radical (unpaired) electrons. The molecule has 0 aliphatic heterocycles. The summed E-state index contributed by atoms with van der Waals surface area (Å²) in [5.74, 6) is 0.833. The molecule has 0 unspecified atom stereocenters. The Bertz CT molecular complexity index is 692. The number of imide groups is 1. The fourth-order valence-corrected chi connectivity index (χ4v) is 2.02. The van der Waals surface area contributed by atoms with Crippen LogP contribution in [-0.4, -0.2) is 29.6 Å². The number of amides is 2. The number of rotatable bonds is 2. The van der Waals surface area contributed by atoms with Gasteiger partial charge in [0.15, 0.2) is 0 Å². The zero-order valence-corrected chi connectivity index (χ0v) is 20.4. The standard InChI is InChI=1S/C17H23ClN2O4S.C4H10/c1-16(2,3)23-14(21)20(15(22)24-17(4,5)6)12-7-8-13(18)11(9-12)10-19-25;1-4(2)3/h7-10,25H,1-6H3;4H,1-3H3/b19-10+;. The Labute approximate surface area is 185 Å². The summed E-state index contributed by atoms with van der Waals surface area (Å²) in [4.78, 5) is 25.9. The number of hydrogen-bond donors (Lipinski definition) is 1. The first-order chi connectivity index (χ1) is 13.1. The molecule has 0 atom stereocenters. The molecule has 164 valence electrons. The van der Waals surface area contributed by atoms with Gasteiger partial charge in [0.2, 0.25) is 0 Å². The van der Waals surface area contributed by atoms with E-state index < -0.39 is 23.4 Å². The van der Waals surface area contributed by atoms with Crippen molar-refractivity contribution >= 4 is 48.5 Å². The highest BCUT2D eigenvalue weighted by atomic mass is 35.5. The first-order valence-electron chi connectivity index (χ1n) is 9.30. The molecular formula is C21H33ClN2O4S. The summed E-state index contributed by atoms with van der Waals surface area (Å²) < 4.78 is 14.3. The Morgan fingerprint density at radius 2 is 1.45 bits per heavy atom. The molecule has 0 heterocycles. The van der Waals surface area contributed by atoms with E-state index in [1.54, 1.807) is 47.6 Å². The molecule has 1 rings (SSSR count). The van der Waals surface area contributed by atoms with Gasteiger partial charge in [0.25, 0.3) is 0 Å². The Kier molecular flexibility index (Phi) is 10.8. The highest BCUT2D eigenvalue weighted by Gasteiger charge is 2.32. The topological polar surface area (TPSA) is 68.2 Å². The van der Waals surface area contributed by atoms with E-state index in [-0.39, 0.29) is 5.69 Å². The Morgan fingerprint density at radius 1 is 1.03 bits per heavy atom. The lowest BCUT2D eigenvalue weighted by atomic mass is 10.2. The summed E-state index contributed by atoms with van der Waals surface area (Å²) in [7, 11) is 0. The summed E-state index contributed by atoms with van der Waals surface area (Å²) in [6.07, 6.45) is -0.298. The molecule has 2 amide bonds. The second kappa shape index (κ2) is 11.5. The van der Waals surface area contributed by atoms with Gasteiger partial charge in [-0.1, -0.05) is 32.4 Å². The summed E-state index contributed by atoms with van der Waals surface area (Å²) in [5, 5.41) is 0.398. The van der Waals surface area contributed by atoms with Crippen molar-refractivity contribution in [2.75, 3.05) is 4.90 Å². The van der Waals surface area contributed by atoms with Gasteiger partial charge >= 0.3 is 12.2 Å².